The molecule has 1 aliphatic carbocycles. The largest absolute Gasteiger partial charge is 0.350 e. The van der Waals surface area contributed by atoms with Crippen molar-refractivity contribution < 1.29 is 9.18 Å². The summed E-state index contributed by atoms with van der Waals surface area (Å²) >= 11 is 1.47. The summed E-state index contributed by atoms with van der Waals surface area (Å²) < 4.78 is 13.2. The van der Waals surface area contributed by atoms with E-state index in [4.69, 9.17) is 0 Å². The molecule has 0 aromatic rings. The Bertz CT molecular complexity index is 177. The van der Waals surface area contributed by atoms with E-state index >= 15 is 0 Å². The quantitative estimate of drug-likeness (QED) is 0.760. The molecule has 13 heavy (non-hydrogen) atoms. The molecule has 1 N–H and O–H groups in total. The van der Waals surface area contributed by atoms with Crippen LogP contribution in [0.25, 0.3) is 0 Å². The molecular formula is C9H16FNOS. The Hall–Kier alpha value is -0.250. The first kappa shape index (κ1) is 10.8. The van der Waals surface area contributed by atoms with E-state index in [1.165, 1.54) is 11.8 Å². The van der Waals surface area contributed by atoms with Crippen LogP contribution in [0.3, 0.4) is 0 Å². The Labute approximate surface area is 82.7 Å². The van der Waals surface area contributed by atoms with Gasteiger partial charge in [-0.15, -0.1) is 0 Å². The molecule has 0 bridgehead atoms. The van der Waals surface area contributed by atoms with Gasteiger partial charge >= 0.3 is 0 Å². The molecule has 0 aromatic carbocycles. The lowest BCUT2D eigenvalue weighted by atomic mass is 9.94. The lowest BCUT2D eigenvalue weighted by Gasteiger charge is -2.26. The summed E-state index contributed by atoms with van der Waals surface area (Å²) in [5.74, 6) is 0.394. The van der Waals surface area contributed by atoms with Crippen LogP contribution in [-0.2, 0) is 4.79 Å². The van der Waals surface area contributed by atoms with Crippen LogP contribution < -0.4 is 5.32 Å². The Morgan fingerprint density at radius 3 is 2.85 bits per heavy atom. The van der Waals surface area contributed by atoms with Crippen LogP contribution in [-0.4, -0.2) is 30.1 Å². The summed E-state index contributed by atoms with van der Waals surface area (Å²) in [5, 5.41) is 2.73. The average molecular weight is 205 g/mol. The van der Waals surface area contributed by atoms with Gasteiger partial charge in [-0.1, -0.05) is 12.8 Å². The lowest BCUT2D eigenvalue weighted by molar-refractivity contribution is -0.120. The van der Waals surface area contributed by atoms with Crippen molar-refractivity contribution in [1.29, 1.82) is 0 Å². The van der Waals surface area contributed by atoms with Crippen molar-refractivity contribution in [1.82, 2.24) is 5.32 Å². The van der Waals surface area contributed by atoms with E-state index in [1.54, 1.807) is 0 Å². The standard InChI is InChI=1S/C9H16FNOS/c1-13-6-9(12)11-8-5-3-2-4-7(8)10/h7-8H,2-6H2,1H3,(H,11,12)/t7-,8-/m1/s1. The van der Waals surface area contributed by atoms with Gasteiger partial charge in [-0.05, 0) is 19.1 Å². The van der Waals surface area contributed by atoms with Gasteiger partial charge in [0.05, 0.1) is 11.8 Å². The highest BCUT2D eigenvalue weighted by Gasteiger charge is 2.25. The molecular weight excluding hydrogens is 189 g/mol. The van der Waals surface area contributed by atoms with E-state index in [-0.39, 0.29) is 11.9 Å². The average Bonchev–Trinajstić information content (AvgIpc) is 2.09. The van der Waals surface area contributed by atoms with Crippen molar-refractivity contribution in [3.63, 3.8) is 0 Å². The summed E-state index contributed by atoms with van der Waals surface area (Å²) in [7, 11) is 0. The predicted molar refractivity (Wildman–Crippen MR) is 53.7 cm³/mol. The summed E-state index contributed by atoms with van der Waals surface area (Å²) in [4.78, 5) is 11.2. The molecule has 0 heterocycles. The van der Waals surface area contributed by atoms with Crippen molar-refractivity contribution in [3.05, 3.63) is 0 Å². The monoisotopic (exact) mass is 205 g/mol. The third-order valence-electron chi connectivity index (χ3n) is 2.30. The van der Waals surface area contributed by atoms with Crippen molar-refractivity contribution >= 4 is 17.7 Å². The maximum Gasteiger partial charge on any atom is 0.230 e. The Morgan fingerprint density at radius 1 is 1.54 bits per heavy atom. The minimum atomic E-state index is -0.834. The molecule has 76 valence electrons. The molecule has 2 atom stereocenters. The van der Waals surface area contributed by atoms with Gasteiger partial charge in [0, 0.05) is 0 Å². The number of rotatable bonds is 3. The second-order valence-electron chi connectivity index (χ2n) is 3.41. The highest BCUT2D eigenvalue weighted by atomic mass is 32.2. The van der Waals surface area contributed by atoms with Crippen LogP contribution in [0.5, 0.6) is 0 Å². The fourth-order valence-electron chi connectivity index (χ4n) is 1.63. The van der Waals surface area contributed by atoms with E-state index in [0.29, 0.717) is 12.2 Å². The molecule has 0 radical (unpaired) electrons. The summed E-state index contributed by atoms with van der Waals surface area (Å²) in [6, 6.07) is -0.228. The van der Waals surface area contributed by atoms with Gasteiger partial charge in [0.1, 0.15) is 6.17 Å². The Balaban J connectivity index is 2.29. The third-order valence-corrected chi connectivity index (χ3v) is 2.85. The van der Waals surface area contributed by atoms with Crippen LogP contribution in [0, 0.1) is 0 Å². The fourth-order valence-corrected chi connectivity index (χ4v) is 1.97. The van der Waals surface area contributed by atoms with Gasteiger partial charge in [0.25, 0.3) is 0 Å². The van der Waals surface area contributed by atoms with Gasteiger partial charge in [0.15, 0.2) is 0 Å². The van der Waals surface area contributed by atoms with Gasteiger partial charge in [-0.25, -0.2) is 4.39 Å². The van der Waals surface area contributed by atoms with E-state index in [9.17, 15) is 9.18 Å². The first-order chi connectivity index (χ1) is 6.24. The molecule has 1 amide bonds. The molecule has 0 unspecified atom stereocenters. The fraction of sp³-hybridized carbons (Fsp3) is 0.889. The number of halogens is 1. The van der Waals surface area contributed by atoms with Crippen LogP contribution in [0.2, 0.25) is 0 Å². The zero-order chi connectivity index (χ0) is 9.68. The molecule has 1 rings (SSSR count). The van der Waals surface area contributed by atoms with Crippen LogP contribution in [0.15, 0.2) is 0 Å². The molecule has 4 heteroatoms. The van der Waals surface area contributed by atoms with Gasteiger partial charge in [-0.2, -0.15) is 11.8 Å². The minimum Gasteiger partial charge on any atom is -0.350 e. The maximum atomic E-state index is 13.2. The second kappa shape index (κ2) is 5.47. The minimum absolute atomic E-state index is 0.0398. The lowest BCUT2D eigenvalue weighted by Crippen LogP contribution is -2.43. The van der Waals surface area contributed by atoms with Crippen LogP contribution in [0.1, 0.15) is 25.7 Å². The molecule has 2 nitrogen and oxygen atoms in total. The normalized spacial score (nSPS) is 28.5. The number of nitrogens with one attached hydrogen (secondary N) is 1. The second-order valence-corrected chi connectivity index (χ2v) is 4.27. The molecule has 0 aromatic heterocycles. The van der Waals surface area contributed by atoms with Crippen molar-refractivity contribution in [3.8, 4) is 0 Å². The van der Waals surface area contributed by atoms with E-state index in [1.807, 2.05) is 6.26 Å². The zero-order valence-electron chi connectivity index (χ0n) is 7.88. The topological polar surface area (TPSA) is 29.1 Å². The third kappa shape index (κ3) is 3.55. The van der Waals surface area contributed by atoms with Gasteiger partial charge in [-0.3, -0.25) is 4.79 Å². The number of hydrogen-bond acceptors (Lipinski definition) is 2. The van der Waals surface area contributed by atoms with E-state index < -0.39 is 6.17 Å². The number of carbonyl (C=O) groups excluding carboxylic acids is 1. The number of alkyl halides is 1. The van der Waals surface area contributed by atoms with Gasteiger partial charge in [0.2, 0.25) is 5.91 Å². The maximum absolute atomic E-state index is 13.2. The summed E-state index contributed by atoms with van der Waals surface area (Å²) in [6.45, 7) is 0. The zero-order valence-corrected chi connectivity index (χ0v) is 8.70. The van der Waals surface area contributed by atoms with Crippen molar-refractivity contribution in [2.75, 3.05) is 12.0 Å². The predicted octanol–water partition coefficient (Wildman–Crippen LogP) is 1.75. The first-order valence-electron chi connectivity index (χ1n) is 4.66. The Kier molecular flexibility index (Phi) is 4.56. The highest BCUT2D eigenvalue weighted by Crippen LogP contribution is 2.21. The summed E-state index contributed by atoms with van der Waals surface area (Å²) in [5.41, 5.74) is 0. The smallest absolute Gasteiger partial charge is 0.230 e. The number of carbonyl (C=O) groups is 1. The number of thioether (sulfide) groups is 1. The van der Waals surface area contributed by atoms with Crippen LogP contribution >= 0.6 is 11.8 Å². The molecule has 1 aliphatic rings. The number of amides is 1. The number of hydrogen-bond donors (Lipinski definition) is 1. The van der Waals surface area contributed by atoms with E-state index in [0.717, 1.165) is 19.3 Å². The molecule has 0 aliphatic heterocycles. The highest BCUT2D eigenvalue weighted by molar-refractivity contribution is 7.99. The van der Waals surface area contributed by atoms with E-state index in [2.05, 4.69) is 5.32 Å². The molecule has 1 fully saturated rings. The van der Waals surface area contributed by atoms with Crippen LogP contribution in [0.4, 0.5) is 4.39 Å². The Morgan fingerprint density at radius 2 is 2.23 bits per heavy atom. The first-order valence-corrected chi connectivity index (χ1v) is 6.06. The van der Waals surface area contributed by atoms with Crippen molar-refractivity contribution in [2.24, 2.45) is 0 Å². The SMILES string of the molecule is CSCC(=O)N[C@@H]1CCCC[C@H]1F. The van der Waals surface area contributed by atoms with Gasteiger partial charge < -0.3 is 5.32 Å². The molecule has 0 saturated heterocycles. The molecule has 0 spiro atoms. The van der Waals surface area contributed by atoms with Crippen molar-refractivity contribution in [2.45, 2.75) is 37.9 Å². The summed E-state index contributed by atoms with van der Waals surface area (Å²) in [6.07, 6.45) is 4.42. The molecule has 1 saturated carbocycles.